The molecule has 1 aromatic carbocycles. The van der Waals surface area contributed by atoms with Crippen molar-refractivity contribution < 1.29 is 14.8 Å². The molecule has 2 rings (SSSR count). The second-order valence-electron chi connectivity index (χ2n) is 3.87. The number of anilines is 1. The van der Waals surface area contributed by atoms with Gasteiger partial charge in [0.25, 0.3) is 5.69 Å². The lowest BCUT2D eigenvalue weighted by molar-refractivity contribution is -0.384. The van der Waals surface area contributed by atoms with Crippen LogP contribution in [0.15, 0.2) is 18.2 Å². The molecule has 0 fully saturated rings. The molecule has 0 atom stereocenters. The third-order valence-corrected chi connectivity index (χ3v) is 2.46. The van der Waals surface area contributed by atoms with Crippen molar-refractivity contribution in [2.75, 3.05) is 19.0 Å². The van der Waals surface area contributed by atoms with Gasteiger partial charge in [0.2, 0.25) is 0 Å². The average Bonchev–Trinajstić information content (AvgIpc) is 2.67. The molecule has 0 saturated heterocycles. The molecule has 18 heavy (non-hydrogen) atoms. The third kappa shape index (κ3) is 1.73. The summed E-state index contributed by atoms with van der Waals surface area (Å²) in [7, 11) is 3.37. The van der Waals surface area contributed by atoms with E-state index >= 15 is 0 Å². The van der Waals surface area contributed by atoms with Gasteiger partial charge in [-0.05, 0) is 6.07 Å². The molecule has 2 aromatic rings. The number of hydrogen-bond acceptors (Lipinski definition) is 5. The number of benzene rings is 1. The Bertz CT molecular complexity index is 647. The number of non-ortho nitro benzene ring substituents is 1. The van der Waals surface area contributed by atoms with Gasteiger partial charge in [0.1, 0.15) is 0 Å². The molecule has 0 aliphatic heterocycles. The van der Waals surface area contributed by atoms with E-state index in [1.807, 2.05) is 0 Å². The Balaban J connectivity index is 2.79. The van der Waals surface area contributed by atoms with Crippen LogP contribution in [0.5, 0.6) is 0 Å². The Kier molecular flexibility index (Phi) is 2.62. The lowest BCUT2D eigenvalue weighted by atomic mass is 10.2. The van der Waals surface area contributed by atoms with E-state index in [0.717, 1.165) is 4.68 Å². The molecule has 0 amide bonds. The maximum absolute atomic E-state index is 11.0. The molecule has 0 saturated carbocycles. The molecule has 1 aromatic heterocycles. The average molecular weight is 250 g/mol. The number of nitrogens with zero attached hydrogens (tertiary/aromatic N) is 4. The van der Waals surface area contributed by atoms with Gasteiger partial charge in [0, 0.05) is 26.2 Å². The largest absolute Gasteiger partial charge is 0.463 e. The zero-order valence-electron chi connectivity index (χ0n) is 9.69. The maximum Gasteiger partial charge on any atom is 0.432 e. The van der Waals surface area contributed by atoms with E-state index in [4.69, 9.17) is 5.11 Å². The third-order valence-electron chi connectivity index (χ3n) is 2.46. The molecule has 0 aliphatic carbocycles. The van der Waals surface area contributed by atoms with Gasteiger partial charge < -0.3 is 10.0 Å². The van der Waals surface area contributed by atoms with Gasteiger partial charge in [-0.15, -0.1) is 5.10 Å². The predicted molar refractivity (Wildman–Crippen MR) is 64.1 cm³/mol. The normalized spacial score (nSPS) is 10.6. The van der Waals surface area contributed by atoms with Crippen molar-refractivity contribution in [1.29, 1.82) is 0 Å². The van der Waals surface area contributed by atoms with Gasteiger partial charge in [0.05, 0.1) is 15.8 Å². The van der Waals surface area contributed by atoms with Crippen LogP contribution in [0.2, 0.25) is 0 Å². The van der Waals surface area contributed by atoms with Gasteiger partial charge in [-0.1, -0.05) is 0 Å². The van der Waals surface area contributed by atoms with Crippen LogP contribution in [0.25, 0.3) is 10.9 Å². The number of nitro benzene ring substituents is 1. The second kappa shape index (κ2) is 3.99. The van der Waals surface area contributed by atoms with Crippen LogP contribution in [-0.2, 0) is 0 Å². The SMILES string of the molecule is CN(C)c1nn(C(=O)O)c2ccc([N+](=O)[O-])cc12. The smallest absolute Gasteiger partial charge is 0.432 e. The van der Waals surface area contributed by atoms with Crippen molar-refractivity contribution in [3.05, 3.63) is 28.3 Å². The van der Waals surface area contributed by atoms with Crippen molar-refractivity contribution in [1.82, 2.24) is 9.78 Å². The number of fused-ring (bicyclic) bond motifs is 1. The molecule has 0 aliphatic rings. The summed E-state index contributed by atoms with van der Waals surface area (Å²) >= 11 is 0. The molecular weight excluding hydrogens is 240 g/mol. The molecule has 94 valence electrons. The zero-order chi connectivity index (χ0) is 13.4. The molecule has 8 heteroatoms. The molecule has 0 unspecified atom stereocenters. The number of carboxylic acid groups (broad SMARTS) is 1. The Labute approximate surface area is 101 Å². The first-order valence-corrected chi connectivity index (χ1v) is 4.99. The van der Waals surface area contributed by atoms with E-state index in [1.165, 1.54) is 18.2 Å². The minimum atomic E-state index is -1.23. The van der Waals surface area contributed by atoms with E-state index in [9.17, 15) is 14.9 Å². The maximum atomic E-state index is 11.0. The van der Waals surface area contributed by atoms with Gasteiger partial charge in [-0.3, -0.25) is 10.1 Å². The molecule has 0 bridgehead atoms. The Morgan fingerprint density at radius 2 is 2.17 bits per heavy atom. The highest BCUT2D eigenvalue weighted by Crippen LogP contribution is 2.28. The molecule has 1 N–H and O–H groups in total. The van der Waals surface area contributed by atoms with Crippen molar-refractivity contribution in [3.63, 3.8) is 0 Å². The zero-order valence-corrected chi connectivity index (χ0v) is 9.69. The van der Waals surface area contributed by atoms with E-state index < -0.39 is 11.0 Å². The predicted octanol–water partition coefficient (Wildman–Crippen LogP) is 1.54. The van der Waals surface area contributed by atoms with Gasteiger partial charge in [-0.25, -0.2) is 4.79 Å². The molecular formula is C10H10N4O4. The highest BCUT2D eigenvalue weighted by Gasteiger charge is 2.18. The summed E-state index contributed by atoms with van der Waals surface area (Å²) in [5.41, 5.74) is 0.215. The first-order chi connectivity index (χ1) is 8.41. The van der Waals surface area contributed by atoms with E-state index in [2.05, 4.69) is 5.10 Å². The van der Waals surface area contributed by atoms with Crippen molar-refractivity contribution in [2.45, 2.75) is 0 Å². The number of carbonyl (C=O) groups is 1. The van der Waals surface area contributed by atoms with Crippen LogP contribution in [0.3, 0.4) is 0 Å². The Morgan fingerprint density at radius 1 is 1.50 bits per heavy atom. The van der Waals surface area contributed by atoms with Crippen LogP contribution < -0.4 is 4.90 Å². The fourth-order valence-electron chi connectivity index (χ4n) is 1.68. The number of hydrogen-bond donors (Lipinski definition) is 1. The van der Waals surface area contributed by atoms with Crippen molar-refractivity contribution >= 4 is 28.5 Å². The summed E-state index contributed by atoms with van der Waals surface area (Å²) in [6.07, 6.45) is -1.23. The molecule has 8 nitrogen and oxygen atoms in total. The monoisotopic (exact) mass is 250 g/mol. The van der Waals surface area contributed by atoms with Crippen LogP contribution in [-0.4, -0.2) is 40.0 Å². The summed E-state index contributed by atoms with van der Waals surface area (Å²) < 4.78 is 0.800. The molecule has 0 radical (unpaired) electrons. The van der Waals surface area contributed by atoms with Crippen molar-refractivity contribution in [3.8, 4) is 0 Å². The summed E-state index contributed by atoms with van der Waals surface area (Å²) in [4.78, 5) is 22.8. The summed E-state index contributed by atoms with van der Waals surface area (Å²) in [5.74, 6) is 0.371. The van der Waals surface area contributed by atoms with E-state index in [0.29, 0.717) is 16.7 Å². The molecule has 1 heterocycles. The first kappa shape index (κ1) is 11.8. The number of nitro groups is 1. The lowest BCUT2D eigenvalue weighted by Gasteiger charge is -2.07. The Morgan fingerprint density at radius 3 is 2.67 bits per heavy atom. The fourth-order valence-corrected chi connectivity index (χ4v) is 1.68. The second-order valence-corrected chi connectivity index (χ2v) is 3.87. The number of rotatable bonds is 2. The first-order valence-electron chi connectivity index (χ1n) is 4.99. The highest BCUT2D eigenvalue weighted by molar-refractivity contribution is 5.96. The minimum Gasteiger partial charge on any atom is -0.463 e. The Hall–Kier alpha value is -2.64. The van der Waals surface area contributed by atoms with Gasteiger partial charge in [0.15, 0.2) is 5.82 Å². The van der Waals surface area contributed by atoms with Crippen LogP contribution in [0.1, 0.15) is 0 Å². The lowest BCUT2D eigenvalue weighted by Crippen LogP contribution is -2.13. The summed E-state index contributed by atoms with van der Waals surface area (Å²) in [5, 5.41) is 24.1. The number of aromatic nitrogens is 2. The summed E-state index contributed by atoms with van der Waals surface area (Å²) in [6.45, 7) is 0. The van der Waals surface area contributed by atoms with Gasteiger partial charge in [-0.2, -0.15) is 4.68 Å². The quantitative estimate of drug-likeness (QED) is 0.640. The van der Waals surface area contributed by atoms with Crippen LogP contribution in [0.4, 0.5) is 16.3 Å². The van der Waals surface area contributed by atoms with E-state index in [-0.39, 0.29) is 5.69 Å². The van der Waals surface area contributed by atoms with Gasteiger partial charge >= 0.3 is 6.09 Å². The topological polar surface area (TPSA) is 102 Å². The standard InChI is InChI=1S/C10H10N4O4/c1-12(2)9-7-5-6(14(17)18)3-4-8(7)13(11-9)10(15)16/h3-5H,1-2H3,(H,15,16). The highest BCUT2D eigenvalue weighted by atomic mass is 16.6. The van der Waals surface area contributed by atoms with Crippen molar-refractivity contribution in [2.24, 2.45) is 0 Å². The molecule has 0 spiro atoms. The van der Waals surface area contributed by atoms with Crippen LogP contribution in [0, 0.1) is 10.1 Å². The fraction of sp³-hybridized carbons (Fsp3) is 0.200. The van der Waals surface area contributed by atoms with Crippen LogP contribution >= 0.6 is 0 Å². The minimum absolute atomic E-state index is 0.101. The van der Waals surface area contributed by atoms with E-state index in [1.54, 1.807) is 19.0 Å². The summed E-state index contributed by atoms with van der Waals surface area (Å²) in [6, 6.07) is 3.95.